The van der Waals surface area contributed by atoms with Crippen molar-refractivity contribution in [3.8, 4) is 0 Å². The van der Waals surface area contributed by atoms with E-state index < -0.39 is 10.0 Å². The molecular weight excluding hydrogens is 304 g/mol. The second kappa shape index (κ2) is 4.27. The van der Waals surface area contributed by atoms with E-state index in [9.17, 15) is 8.42 Å². The van der Waals surface area contributed by atoms with E-state index in [1.54, 1.807) is 25.1 Å². The smallest absolute Gasteiger partial charge is 0.241 e. The Morgan fingerprint density at radius 1 is 1.29 bits per heavy atom. The highest BCUT2D eigenvalue weighted by molar-refractivity contribution is 9.10. The largest absolute Gasteiger partial charge is 0.269 e. The average molecular weight is 315 g/mol. The molecule has 0 unspecified atom stereocenters. The van der Waals surface area contributed by atoms with Crippen LogP contribution in [0.1, 0.15) is 11.4 Å². The van der Waals surface area contributed by atoms with Gasteiger partial charge < -0.3 is 0 Å². The molecule has 0 aliphatic carbocycles. The SMILES string of the molecule is Cc1cc(S(=O)(=O)n2ccnc2C)ccc1Br. The summed E-state index contributed by atoms with van der Waals surface area (Å²) in [6.07, 6.45) is 2.92. The number of benzene rings is 1. The number of imidazole rings is 1. The van der Waals surface area contributed by atoms with Gasteiger partial charge in [0.05, 0.1) is 4.90 Å². The molecule has 2 rings (SSSR count). The molecule has 0 spiro atoms. The van der Waals surface area contributed by atoms with Crippen LogP contribution in [0.4, 0.5) is 0 Å². The van der Waals surface area contributed by atoms with Crippen molar-refractivity contribution in [1.29, 1.82) is 0 Å². The number of rotatable bonds is 2. The van der Waals surface area contributed by atoms with Crippen LogP contribution in [0.5, 0.6) is 0 Å². The lowest BCUT2D eigenvalue weighted by Crippen LogP contribution is -2.13. The molecule has 1 heterocycles. The minimum atomic E-state index is -3.53. The summed E-state index contributed by atoms with van der Waals surface area (Å²) in [5.41, 5.74) is 0.879. The number of aromatic nitrogens is 2. The van der Waals surface area contributed by atoms with Crippen LogP contribution in [0.3, 0.4) is 0 Å². The molecule has 17 heavy (non-hydrogen) atoms. The van der Waals surface area contributed by atoms with Crippen molar-refractivity contribution in [2.75, 3.05) is 0 Å². The van der Waals surface area contributed by atoms with Gasteiger partial charge in [0.15, 0.2) is 0 Å². The summed E-state index contributed by atoms with van der Waals surface area (Å²) < 4.78 is 26.6. The summed E-state index contributed by atoms with van der Waals surface area (Å²) >= 11 is 3.35. The fourth-order valence-electron chi connectivity index (χ4n) is 1.51. The highest BCUT2D eigenvalue weighted by Crippen LogP contribution is 2.22. The first-order valence-electron chi connectivity index (χ1n) is 4.94. The van der Waals surface area contributed by atoms with Crippen molar-refractivity contribution in [1.82, 2.24) is 8.96 Å². The van der Waals surface area contributed by atoms with E-state index in [4.69, 9.17) is 0 Å². The summed E-state index contributed by atoms with van der Waals surface area (Å²) in [6.45, 7) is 3.51. The van der Waals surface area contributed by atoms with Crippen LogP contribution in [0, 0.1) is 13.8 Å². The summed E-state index contributed by atoms with van der Waals surface area (Å²) in [5.74, 6) is 0.450. The van der Waals surface area contributed by atoms with Gasteiger partial charge >= 0.3 is 0 Å². The molecule has 1 aromatic carbocycles. The second-order valence-corrected chi connectivity index (χ2v) is 6.36. The fourth-order valence-corrected chi connectivity index (χ4v) is 3.16. The van der Waals surface area contributed by atoms with E-state index in [1.807, 2.05) is 6.92 Å². The predicted octanol–water partition coefficient (Wildman–Crippen LogP) is 2.50. The number of nitrogens with zero attached hydrogens (tertiary/aromatic N) is 2. The molecular formula is C11H11BrN2O2S. The molecule has 90 valence electrons. The van der Waals surface area contributed by atoms with Crippen LogP contribution < -0.4 is 0 Å². The third-order valence-electron chi connectivity index (χ3n) is 2.47. The molecule has 0 N–H and O–H groups in total. The van der Waals surface area contributed by atoms with E-state index >= 15 is 0 Å². The first kappa shape index (κ1) is 12.3. The Hall–Kier alpha value is -1.14. The molecule has 6 heteroatoms. The Morgan fingerprint density at radius 3 is 2.53 bits per heavy atom. The summed E-state index contributed by atoms with van der Waals surface area (Å²) in [4.78, 5) is 4.19. The van der Waals surface area contributed by atoms with Crippen LogP contribution >= 0.6 is 15.9 Å². The normalized spacial score (nSPS) is 11.7. The standard InChI is InChI=1S/C11H11BrN2O2S/c1-8-7-10(3-4-11(8)12)17(15,16)14-6-5-13-9(14)2/h3-7H,1-2H3. The Kier molecular flexibility index (Phi) is 3.09. The topological polar surface area (TPSA) is 52.0 Å². The number of hydrogen-bond donors (Lipinski definition) is 0. The first-order chi connectivity index (χ1) is 7.93. The van der Waals surface area contributed by atoms with Gasteiger partial charge in [0.25, 0.3) is 10.0 Å². The zero-order chi connectivity index (χ0) is 12.6. The van der Waals surface area contributed by atoms with Crippen LogP contribution in [-0.4, -0.2) is 17.4 Å². The van der Waals surface area contributed by atoms with Crippen molar-refractivity contribution in [3.05, 3.63) is 46.5 Å². The van der Waals surface area contributed by atoms with Gasteiger partial charge in [-0.3, -0.25) is 0 Å². The number of halogens is 1. The van der Waals surface area contributed by atoms with Crippen molar-refractivity contribution in [2.24, 2.45) is 0 Å². The highest BCUT2D eigenvalue weighted by atomic mass is 79.9. The Labute approximate surface area is 108 Å². The maximum absolute atomic E-state index is 12.3. The maximum atomic E-state index is 12.3. The van der Waals surface area contributed by atoms with Gasteiger partial charge in [-0.05, 0) is 37.6 Å². The molecule has 1 aromatic heterocycles. The van der Waals surface area contributed by atoms with E-state index in [0.717, 1.165) is 10.0 Å². The van der Waals surface area contributed by atoms with Gasteiger partial charge in [-0.15, -0.1) is 0 Å². The Balaban J connectivity index is 2.60. The van der Waals surface area contributed by atoms with Crippen molar-refractivity contribution in [2.45, 2.75) is 18.7 Å². The van der Waals surface area contributed by atoms with E-state index in [1.165, 1.54) is 16.4 Å². The molecule has 0 fully saturated rings. The lowest BCUT2D eigenvalue weighted by Gasteiger charge is -2.08. The first-order valence-corrected chi connectivity index (χ1v) is 7.18. The van der Waals surface area contributed by atoms with Gasteiger partial charge in [-0.2, -0.15) is 0 Å². The number of aryl methyl sites for hydroxylation is 2. The number of hydrogen-bond acceptors (Lipinski definition) is 3. The molecule has 0 saturated heterocycles. The minimum absolute atomic E-state index is 0.263. The van der Waals surface area contributed by atoms with E-state index in [0.29, 0.717) is 5.82 Å². The average Bonchev–Trinajstić information content (AvgIpc) is 2.69. The molecule has 0 bridgehead atoms. The Bertz CT molecular complexity index is 662. The zero-order valence-corrected chi connectivity index (χ0v) is 11.8. The van der Waals surface area contributed by atoms with Gasteiger partial charge in [0.1, 0.15) is 5.82 Å². The van der Waals surface area contributed by atoms with Crippen LogP contribution in [0.15, 0.2) is 40.0 Å². The quantitative estimate of drug-likeness (QED) is 0.855. The predicted molar refractivity (Wildman–Crippen MR) is 68.4 cm³/mol. The molecule has 0 saturated carbocycles. The van der Waals surface area contributed by atoms with Crippen molar-refractivity contribution >= 4 is 26.0 Å². The molecule has 2 aromatic rings. The molecule has 4 nitrogen and oxygen atoms in total. The maximum Gasteiger partial charge on any atom is 0.269 e. The third-order valence-corrected chi connectivity index (χ3v) is 5.11. The van der Waals surface area contributed by atoms with Crippen LogP contribution in [0.25, 0.3) is 0 Å². The highest BCUT2D eigenvalue weighted by Gasteiger charge is 2.18. The van der Waals surface area contributed by atoms with Crippen LogP contribution in [-0.2, 0) is 10.0 Å². The summed E-state index contributed by atoms with van der Waals surface area (Å²) in [5, 5.41) is 0. The van der Waals surface area contributed by atoms with Gasteiger partial charge in [-0.25, -0.2) is 17.4 Å². The molecule has 0 aliphatic rings. The minimum Gasteiger partial charge on any atom is -0.241 e. The van der Waals surface area contributed by atoms with Crippen molar-refractivity contribution in [3.63, 3.8) is 0 Å². The van der Waals surface area contributed by atoms with Gasteiger partial charge in [-0.1, -0.05) is 15.9 Å². The monoisotopic (exact) mass is 314 g/mol. The van der Waals surface area contributed by atoms with Gasteiger partial charge in [0.2, 0.25) is 0 Å². The lowest BCUT2D eigenvalue weighted by molar-refractivity contribution is 0.585. The lowest BCUT2D eigenvalue weighted by atomic mass is 10.2. The molecule has 0 radical (unpaired) electrons. The fraction of sp³-hybridized carbons (Fsp3) is 0.182. The molecule has 0 atom stereocenters. The summed E-state index contributed by atoms with van der Waals surface area (Å²) in [6, 6.07) is 4.94. The Morgan fingerprint density at radius 2 is 2.00 bits per heavy atom. The second-order valence-electron chi connectivity index (χ2n) is 3.69. The molecule has 0 aliphatic heterocycles. The van der Waals surface area contributed by atoms with E-state index in [-0.39, 0.29) is 4.90 Å². The summed E-state index contributed by atoms with van der Waals surface area (Å²) in [7, 11) is -3.53. The molecule has 0 amide bonds. The van der Waals surface area contributed by atoms with Gasteiger partial charge in [0, 0.05) is 16.9 Å². The third kappa shape index (κ3) is 2.14. The zero-order valence-electron chi connectivity index (χ0n) is 9.38. The van der Waals surface area contributed by atoms with Crippen molar-refractivity contribution < 1.29 is 8.42 Å². The van der Waals surface area contributed by atoms with E-state index in [2.05, 4.69) is 20.9 Å². The van der Waals surface area contributed by atoms with Crippen LogP contribution in [0.2, 0.25) is 0 Å².